The van der Waals surface area contributed by atoms with Gasteiger partial charge in [0.2, 0.25) is 0 Å². The van der Waals surface area contributed by atoms with Crippen LogP contribution in [0.3, 0.4) is 0 Å². The number of benzene rings is 1. The van der Waals surface area contributed by atoms with Gasteiger partial charge in [-0.2, -0.15) is 0 Å². The summed E-state index contributed by atoms with van der Waals surface area (Å²) in [7, 11) is 0. The van der Waals surface area contributed by atoms with E-state index in [1.165, 1.54) is 0 Å². The standard InChI is InChI=1S/C14H20BrNO3/c1-4-14(3,18)9-16-13(17)10(2)19-12-7-5-11(15)6-8-12/h5-8,10,18H,4,9H2,1-3H3,(H,16,17). The van der Waals surface area contributed by atoms with Gasteiger partial charge >= 0.3 is 0 Å². The largest absolute Gasteiger partial charge is 0.481 e. The van der Waals surface area contributed by atoms with Crippen molar-refractivity contribution in [1.29, 1.82) is 0 Å². The Hall–Kier alpha value is -1.07. The van der Waals surface area contributed by atoms with Crippen LogP contribution < -0.4 is 10.1 Å². The lowest BCUT2D eigenvalue weighted by molar-refractivity contribution is -0.128. The first kappa shape index (κ1) is 16.0. The molecular weight excluding hydrogens is 310 g/mol. The topological polar surface area (TPSA) is 58.6 Å². The molecule has 2 unspecified atom stereocenters. The summed E-state index contributed by atoms with van der Waals surface area (Å²) in [6.07, 6.45) is -0.0243. The van der Waals surface area contributed by atoms with Gasteiger partial charge in [0.15, 0.2) is 6.10 Å². The summed E-state index contributed by atoms with van der Waals surface area (Å²) < 4.78 is 6.47. The minimum atomic E-state index is -0.882. The van der Waals surface area contributed by atoms with Crippen LogP contribution in [0.5, 0.6) is 5.75 Å². The predicted molar refractivity (Wildman–Crippen MR) is 78.2 cm³/mol. The van der Waals surface area contributed by atoms with Crippen molar-refractivity contribution in [2.45, 2.75) is 38.9 Å². The molecule has 0 bridgehead atoms. The molecule has 2 atom stereocenters. The molecule has 106 valence electrons. The second kappa shape index (κ2) is 6.91. The third-order valence-electron chi connectivity index (χ3n) is 2.90. The van der Waals surface area contributed by atoms with E-state index in [9.17, 15) is 9.90 Å². The molecule has 0 fully saturated rings. The monoisotopic (exact) mass is 329 g/mol. The molecule has 0 radical (unpaired) electrons. The van der Waals surface area contributed by atoms with Gasteiger partial charge in [-0.3, -0.25) is 4.79 Å². The van der Waals surface area contributed by atoms with Crippen molar-refractivity contribution in [3.8, 4) is 5.75 Å². The molecule has 0 heterocycles. The molecule has 5 heteroatoms. The Kier molecular flexibility index (Phi) is 5.82. The average Bonchev–Trinajstić information content (AvgIpc) is 2.38. The highest BCUT2D eigenvalue weighted by Crippen LogP contribution is 2.17. The Balaban J connectivity index is 2.47. The summed E-state index contributed by atoms with van der Waals surface area (Å²) in [5, 5.41) is 12.5. The Labute approximate surface area is 122 Å². The molecule has 1 aromatic carbocycles. The SMILES string of the molecule is CCC(C)(O)CNC(=O)C(C)Oc1ccc(Br)cc1. The van der Waals surface area contributed by atoms with Gasteiger partial charge in [-0.15, -0.1) is 0 Å². The fourth-order valence-corrected chi connectivity index (χ4v) is 1.58. The van der Waals surface area contributed by atoms with E-state index in [-0.39, 0.29) is 12.5 Å². The van der Waals surface area contributed by atoms with Crippen molar-refractivity contribution in [3.63, 3.8) is 0 Å². The van der Waals surface area contributed by atoms with E-state index in [0.717, 1.165) is 4.47 Å². The molecular formula is C14H20BrNO3. The van der Waals surface area contributed by atoms with E-state index in [0.29, 0.717) is 12.2 Å². The number of hydrogen-bond acceptors (Lipinski definition) is 3. The molecule has 1 aromatic rings. The highest BCUT2D eigenvalue weighted by Gasteiger charge is 2.21. The number of rotatable bonds is 6. The van der Waals surface area contributed by atoms with Crippen LogP contribution in [-0.2, 0) is 4.79 Å². The number of carbonyl (C=O) groups is 1. The number of nitrogens with one attached hydrogen (secondary N) is 1. The lowest BCUT2D eigenvalue weighted by Gasteiger charge is -2.23. The zero-order valence-corrected chi connectivity index (χ0v) is 13.0. The van der Waals surface area contributed by atoms with Gasteiger partial charge in [0.05, 0.1) is 5.60 Å². The molecule has 1 amide bonds. The molecule has 0 aliphatic rings. The van der Waals surface area contributed by atoms with Gasteiger partial charge in [0, 0.05) is 11.0 Å². The number of halogens is 1. The van der Waals surface area contributed by atoms with Crippen LogP contribution in [0.4, 0.5) is 0 Å². The van der Waals surface area contributed by atoms with Crippen molar-refractivity contribution in [2.24, 2.45) is 0 Å². The fourth-order valence-electron chi connectivity index (χ4n) is 1.32. The number of aliphatic hydroxyl groups is 1. The van der Waals surface area contributed by atoms with Gasteiger partial charge in [0.25, 0.3) is 5.91 Å². The third-order valence-corrected chi connectivity index (χ3v) is 3.43. The van der Waals surface area contributed by atoms with Crippen LogP contribution in [0, 0.1) is 0 Å². The van der Waals surface area contributed by atoms with Gasteiger partial charge in [-0.1, -0.05) is 22.9 Å². The summed E-state index contributed by atoms with van der Waals surface area (Å²) >= 11 is 3.33. The number of ether oxygens (including phenoxy) is 1. The Morgan fingerprint density at radius 2 is 2.05 bits per heavy atom. The minimum absolute atomic E-state index is 0.219. The van der Waals surface area contributed by atoms with Crippen molar-refractivity contribution in [3.05, 3.63) is 28.7 Å². The Bertz CT molecular complexity index is 417. The Morgan fingerprint density at radius 1 is 1.47 bits per heavy atom. The molecule has 0 saturated carbocycles. The predicted octanol–water partition coefficient (Wildman–Crippen LogP) is 2.49. The van der Waals surface area contributed by atoms with Crippen LogP contribution in [0.1, 0.15) is 27.2 Å². The average molecular weight is 330 g/mol. The van der Waals surface area contributed by atoms with Crippen LogP contribution in [0.15, 0.2) is 28.7 Å². The molecule has 0 aliphatic carbocycles. The number of carbonyl (C=O) groups excluding carboxylic acids is 1. The smallest absolute Gasteiger partial charge is 0.260 e. The van der Waals surface area contributed by atoms with Crippen LogP contribution in [0.2, 0.25) is 0 Å². The second-order valence-electron chi connectivity index (χ2n) is 4.78. The summed E-state index contributed by atoms with van der Waals surface area (Å²) in [6.45, 7) is 5.45. The van der Waals surface area contributed by atoms with Crippen LogP contribution in [-0.4, -0.2) is 29.3 Å². The lowest BCUT2D eigenvalue weighted by Crippen LogP contribution is -2.44. The molecule has 0 spiro atoms. The van der Waals surface area contributed by atoms with Crippen molar-refractivity contribution in [2.75, 3.05) is 6.54 Å². The highest BCUT2D eigenvalue weighted by molar-refractivity contribution is 9.10. The first-order valence-corrected chi connectivity index (χ1v) is 7.05. The van der Waals surface area contributed by atoms with E-state index in [1.54, 1.807) is 26.0 Å². The fraction of sp³-hybridized carbons (Fsp3) is 0.500. The van der Waals surface area contributed by atoms with Gasteiger partial charge < -0.3 is 15.2 Å². The maximum atomic E-state index is 11.8. The summed E-state index contributed by atoms with van der Waals surface area (Å²) in [5.41, 5.74) is -0.882. The Morgan fingerprint density at radius 3 is 2.58 bits per heavy atom. The normalized spacial score (nSPS) is 15.4. The molecule has 0 saturated heterocycles. The zero-order valence-electron chi connectivity index (χ0n) is 11.4. The van der Waals surface area contributed by atoms with Gasteiger partial charge in [-0.05, 0) is 44.5 Å². The first-order chi connectivity index (χ1) is 8.84. The summed E-state index contributed by atoms with van der Waals surface area (Å²) in [4.78, 5) is 11.8. The number of amides is 1. The molecule has 1 rings (SSSR count). The first-order valence-electron chi connectivity index (χ1n) is 6.26. The molecule has 19 heavy (non-hydrogen) atoms. The van der Waals surface area contributed by atoms with E-state index in [2.05, 4.69) is 21.2 Å². The quantitative estimate of drug-likeness (QED) is 0.843. The van der Waals surface area contributed by atoms with Crippen molar-refractivity contribution < 1.29 is 14.6 Å². The molecule has 2 N–H and O–H groups in total. The number of hydrogen-bond donors (Lipinski definition) is 2. The van der Waals surface area contributed by atoms with Gasteiger partial charge in [-0.25, -0.2) is 0 Å². The molecule has 0 aliphatic heterocycles. The van der Waals surface area contributed by atoms with Gasteiger partial charge in [0.1, 0.15) is 5.75 Å². The van der Waals surface area contributed by atoms with Crippen molar-refractivity contribution >= 4 is 21.8 Å². The highest BCUT2D eigenvalue weighted by atomic mass is 79.9. The van der Waals surface area contributed by atoms with E-state index in [1.807, 2.05) is 19.1 Å². The van der Waals surface area contributed by atoms with E-state index in [4.69, 9.17) is 4.74 Å². The summed E-state index contributed by atoms with van der Waals surface area (Å²) in [5.74, 6) is 0.393. The second-order valence-corrected chi connectivity index (χ2v) is 5.70. The maximum Gasteiger partial charge on any atom is 0.260 e. The van der Waals surface area contributed by atoms with E-state index < -0.39 is 11.7 Å². The minimum Gasteiger partial charge on any atom is -0.481 e. The van der Waals surface area contributed by atoms with Crippen LogP contribution in [0.25, 0.3) is 0 Å². The summed E-state index contributed by atoms with van der Waals surface area (Å²) in [6, 6.07) is 7.27. The molecule has 4 nitrogen and oxygen atoms in total. The van der Waals surface area contributed by atoms with E-state index >= 15 is 0 Å². The zero-order chi connectivity index (χ0) is 14.5. The third kappa shape index (κ3) is 5.61. The van der Waals surface area contributed by atoms with Crippen LogP contribution >= 0.6 is 15.9 Å². The lowest BCUT2D eigenvalue weighted by atomic mass is 10.0. The van der Waals surface area contributed by atoms with Crippen molar-refractivity contribution in [1.82, 2.24) is 5.32 Å². The maximum absolute atomic E-state index is 11.8. The molecule has 0 aromatic heterocycles.